The molecule has 4 heteroatoms. The van der Waals surface area contributed by atoms with Gasteiger partial charge in [-0.05, 0) is 25.0 Å². The Morgan fingerprint density at radius 3 is 1.15 bits per heavy atom. The van der Waals surface area contributed by atoms with Crippen molar-refractivity contribution in [2.45, 2.75) is 27.7 Å². The number of rotatable bonds is 1. The van der Waals surface area contributed by atoms with Crippen LogP contribution in [0.2, 0.25) is 0 Å². The zero-order valence-electron chi connectivity index (χ0n) is 11.8. The standard InChI is InChI=1S/C14H10F4.C2H6/c1-7-3-5-9(13(17)11(7)15)10-6-4-8(2)12(16)14(10)18;1-2/h3-6H,1-2H3;1-2H3. The van der Waals surface area contributed by atoms with E-state index in [1.807, 2.05) is 13.8 Å². The minimum absolute atomic E-state index is 0.115. The van der Waals surface area contributed by atoms with Crippen molar-refractivity contribution in [1.29, 1.82) is 0 Å². The lowest BCUT2D eigenvalue weighted by Gasteiger charge is -2.09. The van der Waals surface area contributed by atoms with Gasteiger partial charge >= 0.3 is 0 Å². The van der Waals surface area contributed by atoms with Crippen LogP contribution in [0.25, 0.3) is 11.1 Å². The summed E-state index contributed by atoms with van der Waals surface area (Å²) in [6.45, 7) is 6.79. The van der Waals surface area contributed by atoms with Gasteiger partial charge in [0.25, 0.3) is 0 Å². The van der Waals surface area contributed by atoms with Gasteiger partial charge in [0, 0.05) is 11.1 Å². The molecule has 0 aliphatic rings. The van der Waals surface area contributed by atoms with Crippen LogP contribution in [0.15, 0.2) is 24.3 Å². The van der Waals surface area contributed by atoms with Crippen molar-refractivity contribution < 1.29 is 17.6 Å². The van der Waals surface area contributed by atoms with E-state index in [2.05, 4.69) is 0 Å². The van der Waals surface area contributed by atoms with Crippen LogP contribution in [0.3, 0.4) is 0 Å². The zero-order chi connectivity index (χ0) is 15.4. The fourth-order valence-corrected chi connectivity index (χ4v) is 1.71. The maximum Gasteiger partial charge on any atom is 0.167 e. The van der Waals surface area contributed by atoms with Crippen molar-refractivity contribution in [1.82, 2.24) is 0 Å². The molecular formula is C16H16F4. The van der Waals surface area contributed by atoms with Gasteiger partial charge < -0.3 is 0 Å². The average molecular weight is 284 g/mol. The highest BCUT2D eigenvalue weighted by atomic mass is 19.2. The minimum Gasteiger partial charge on any atom is -0.203 e. The Labute approximate surface area is 116 Å². The topological polar surface area (TPSA) is 0 Å². The van der Waals surface area contributed by atoms with Crippen molar-refractivity contribution in [3.05, 3.63) is 58.7 Å². The van der Waals surface area contributed by atoms with Gasteiger partial charge in [-0.15, -0.1) is 0 Å². The second-order valence-corrected chi connectivity index (χ2v) is 4.12. The molecular weight excluding hydrogens is 268 g/mol. The van der Waals surface area contributed by atoms with Crippen molar-refractivity contribution in [2.75, 3.05) is 0 Å². The van der Waals surface area contributed by atoms with Crippen molar-refractivity contribution in [2.24, 2.45) is 0 Å². The van der Waals surface area contributed by atoms with Crippen molar-refractivity contribution >= 4 is 0 Å². The molecule has 0 amide bonds. The fourth-order valence-electron chi connectivity index (χ4n) is 1.71. The summed E-state index contributed by atoms with van der Waals surface area (Å²) >= 11 is 0. The summed E-state index contributed by atoms with van der Waals surface area (Å²) in [6.07, 6.45) is 0. The van der Waals surface area contributed by atoms with E-state index in [0.29, 0.717) is 0 Å². The second kappa shape index (κ2) is 6.55. The first kappa shape index (κ1) is 16.2. The van der Waals surface area contributed by atoms with E-state index in [4.69, 9.17) is 0 Å². The predicted octanol–water partition coefficient (Wildman–Crippen LogP) is 5.55. The lowest BCUT2D eigenvalue weighted by molar-refractivity contribution is 0.496. The number of hydrogen-bond acceptors (Lipinski definition) is 0. The molecule has 0 unspecified atom stereocenters. The maximum absolute atomic E-state index is 13.7. The van der Waals surface area contributed by atoms with Crippen LogP contribution in [-0.2, 0) is 0 Å². The molecule has 0 heterocycles. The first-order valence-electron chi connectivity index (χ1n) is 6.33. The van der Waals surface area contributed by atoms with Crippen LogP contribution in [-0.4, -0.2) is 0 Å². The van der Waals surface area contributed by atoms with Crippen molar-refractivity contribution in [3.8, 4) is 11.1 Å². The first-order valence-corrected chi connectivity index (χ1v) is 6.33. The van der Waals surface area contributed by atoms with E-state index in [1.165, 1.54) is 38.1 Å². The van der Waals surface area contributed by atoms with Crippen LogP contribution in [0.4, 0.5) is 17.6 Å². The van der Waals surface area contributed by atoms with Crippen LogP contribution >= 0.6 is 0 Å². The van der Waals surface area contributed by atoms with Gasteiger partial charge in [-0.2, -0.15) is 0 Å². The summed E-state index contributed by atoms with van der Waals surface area (Å²) < 4.78 is 54.2. The highest BCUT2D eigenvalue weighted by Gasteiger charge is 2.18. The molecule has 20 heavy (non-hydrogen) atoms. The quantitative estimate of drug-likeness (QED) is 0.602. The Kier molecular flexibility index (Phi) is 5.31. The van der Waals surface area contributed by atoms with Gasteiger partial charge in [-0.25, -0.2) is 17.6 Å². The molecule has 0 saturated heterocycles. The second-order valence-electron chi connectivity index (χ2n) is 4.12. The molecule has 0 atom stereocenters. The number of hydrogen-bond donors (Lipinski definition) is 0. The molecule has 0 saturated carbocycles. The third-order valence-electron chi connectivity index (χ3n) is 2.84. The molecule has 0 bridgehead atoms. The molecule has 108 valence electrons. The van der Waals surface area contributed by atoms with E-state index in [1.54, 1.807) is 0 Å². The highest BCUT2D eigenvalue weighted by Crippen LogP contribution is 2.30. The molecule has 2 aromatic carbocycles. The van der Waals surface area contributed by atoms with E-state index < -0.39 is 23.3 Å². The molecule has 0 aromatic heterocycles. The molecule has 0 aliphatic heterocycles. The van der Waals surface area contributed by atoms with Crippen LogP contribution in [0.5, 0.6) is 0 Å². The molecule has 0 fully saturated rings. The summed E-state index contributed by atoms with van der Waals surface area (Å²) in [5.41, 5.74) is -0.336. The Morgan fingerprint density at radius 2 is 0.850 bits per heavy atom. The molecule has 2 rings (SSSR count). The van der Waals surface area contributed by atoms with Gasteiger partial charge in [-0.1, -0.05) is 38.1 Å². The molecule has 0 radical (unpaired) electrons. The zero-order valence-corrected chi connectivity index (χ0v) is 11.8. The Bertz CT molecular complexity index is 563. The van der Waals surface area contributed by atoms with E-state index in [0.717, 1.165) is 0 Å². The Balaban J connectivity index is 0.000000956. The van der Waals surface area contributed by atoms with Gasteiger partial charge in [0.05, 0.1) is 0 Å². The molecule has 0 N–H and O–H groups in total. The summed E-state index contributed by atoms with van der Waals surface area (Å²) in [7, 11) is 0. The van der Waals surface area contributed by atoms with Gasteiger partial charge in [0.1, 0.15) is 0 Å². The SMILES string of the molecule is CC.Cc1ccc(-c2ccc(C)c(F)c2F)c(F)c1F. The number of halogens is 4. The van der Waals surface area contributed by atoms with Crippen LogP contribution in [0, 0.1) is 37.1 Å². The predicted molar refractivity (Wildman–Crippen MR) is 72.5 cm³/mol. The highest BCUT2D eigenvalue weighted by molar-refractivity contribution is 5.66. The van der Waals surface area contributed by atoms with Crippen molar-refractivity contribution in [3.63, 3.8) is 0 Å². The molecule has 0 spiro atoms. The van der Waals surface area contributed by atoms with Gasteiger partial charge in [-0.3, -0.25) is 0 Å². The number of benzene rings is 2. The summed E-state index contributed by atoms with van der Waals surface area (Å²) in [5, 5.41) is 0. The van der Waals surface area contributed by atoms with E-state index >= 15 is 0 Å². The largest absolute Gasteiger partial charge is 0.203 e. The molecule has 0 nitrogen and oxygen atoms in total. The van der Waals surface area contributed by atoms with E-state index in [-0.39, 0.29) is 22.3 Å². The monoisotopic (exact) mass is 284 g/mol. The van der Waals surface area contributed by atoms with Crippen LogP contribution < -0.4 is 0 Å². The summed E-state index contributed by atoms with van der Waals surface area (Å²) in [5.74, 6) is -4.44. The Morgan fingerprint density at radius 1 is 0.550 bits per heavy atom. The maximum atomic E-state index is 13.7. The third kappa shape index (κ3) is 2.84. The average Bonchev–Trinajstić information content (AvgIpc) is 2.46. The molecule has 2 aromatic rings. The Hall–Kier alpha value is -1.84. The lowest BCUT2D eigenvalue weighted by atomic mass is 10.0. The molecule has 0 aliphatic carbocycles. The lowest BCUT2D eigenvalue weighted by Crippen LogP contribution is -1.98. The fraction of sp³-hybridized carbons (Fsp3) is 0.250. The van der Waals surface area contributed by atoms with Crippen LogP contribution in [0.1, 0.15) is 25.0 Å². The summed E-state index contributed by atoms with van der Waals surface area (Å²) in [4.78, 5) is 0. The minimum atomic E-state index is -1.17. The normalized spacial score (nSPS) is 10.0. The third-order valence-corrected chi connectivity index (χ3v) is 2.84. The first-order chi connectivity index (χ1) is 9.43. The van der Waals surface area contributed by atoms with E-state index in [9.17, 15) is 17.6 Å². The summed E-state index contributed by atoms with van der Waals surface area (Å²) in [6, 6.07) is 5.12. The van der Waals surface area contributed by atoms with Gasteiger partial charge in [0.2, 0.25) is 0 Å². The smallest absolute Gasteiger partial charge is 0.167 e. The van der Waals surface area contributed by atoms with Gasteiger partial charge in [0.15, 0.2) is 23.3 Å². The number of aryl methyl sites for hydroxylation is 2.